The fourth-order valence-electron chi connectivity index (χ4n) is 2.71. The molecule has 4 aromatic rings. The molecule has 0 aliphatic heterocycles. The van der Waals surface area contributed by atoms with Gasteiger partial charge >= 0.3 is 5.97 Å². The fourth-order valence-corrected chi connectivity index (χ4v) is 3.36. The van der Waals surface area contributed by atoms with Gasteiger partial charge in [-0.1, -0.05) is 11.3 Å². The molecule has 0 spiro atoms. The van der Waals surface area contributed by atoms with Gasteiger partial charge in [-0.25, -0.2) is 9.18 Å². The summed E-state index contributed by atoms with van der Waals surface area (Å²) in [7, 11) is 1.55. The van der Waals surface area contributed by atoms with Crippen molar-refractivity contribution >= 4 is 28.9 Å². The summed E-state index contributed by atoms with van der Waals surface area (Å²) in [5.74, 6) is 0.0110. The summed E-state index contributed by atoms with van der Waals surface area (Å²) in [5.41, 5.74) is 0.575. The van der Waals surface area contributed by atoms with Crippen molar-refractivity contribution in [3.63, 3.8) is 0 Å². The van der Waals surface area contributed by atoms with Crippen LogP contribution in [0, 0.1) is 5.82 Å². The fraction of sp³-hybridized carbons (Fsp3) is 0.130. The van der Waals surface area contributed by atoms with Crippen molar-refractivity contribution in [1.82, 2.24) is 10.2 Å². The van der Waals surface area contributed by atoms with Crippen LogP contribution in [0.4, 0.5) is 10.1 Å². The first-order valence-electron chi connectivity index (χ1n) is 9.92. The number of nitrogens with one attached hydrogen (secondary N) is 1. The minimum atomic E-state index is -0.701. The van der Waals surface area contributed by atoms with Crippen LogP contribution < -0.4 is 14.8 Å². The number of esters is 1. The molecule has 1 amide bonds. The summed E-state index contributed by atoms with van der Waals surface area (Å²) >= 11 is 1.00. The van der Waals surface area contributed by atoms with E-state index in [4.69, 9.17) is 18.6 Å². The maximum atomic E-state index is 12.9. The third-order valence-electron chi connectivity index (χ3n) is 4.39. The van der Waals surface area contributed by atoms with Gasteiger partial charge in [0, 0.05) is 5.69 Å². The molecular formula is C23H18FN3O6S. The second-order valence-electron chi connectivity index (χ2n) is 6.77. The maximum Gasteiger partial charge on any atom is 0.374 e. The number of furan rings is 1. The van der Waals surface area contributed by atoms with Gasteiger partial charge in [-0.15, -0.1) is 10.2 Å². The van der Waals surface area contributed by atoms with Gasteiger partial charge in [0.2, 0.25) is 10.8 Å². The standard InChI is InChI=1S/C23H18FN3O6S/c1-30-16-8-4-15(5-9-16)25-21(28)22-27-26-20(34-22)13-32-23(29)19-11-10-18(33-19)12-31-17-6-2-14(24)3-7-17/h2-11H,12-13H2,1H3,(H,25,28). The number of anilines is 1. The zero-order valence-electron chi connectivity index (χ0n) is 17.8. The molecule has 2 heterocycles. The van der Waals surface area contributed by atoms with Crippen LogP contribution in [0.15, 0.2) is 65.1 Å². The van der Waals surface area contributed by atoms with Gasteiger partial charge in [0.25, 0.3) is 5.91 Å². The summed E-state index contributed by atoms with van der Waals surface area (Å²) in [5, 5.41) is 10.9. The van der Waals surface area contributed by atoms with Gasteiger partial charge in [0.15, 0.2) is 5.01 Å². The van der Waals surface area contributed by atoms with Crippen molar-refractivity contribution in [3.8, 4) is 11.5 Å². The number of nitrogens with zero attached hydrogens (tertiary/aromatic N) is 2. The predicted molar refractivity (Wildman–Crippen MR) is 119 cm³/mol. The molecule has 0 radical (unpaired) electrons. The highest BCUT2D eigenvalue weighted by molar-refractivity contribution is 7.13. The molecule has 4 rings (SSSR count). The number of ether oxygens (including phenoxy) is 3. The lowest BCUT2D eigenvalue weighted by Crippen LogP contribution is -2.11. The van der Waals surface area contributed by atoms with E-state index in [9.17, 15) is 14.0 Å². The van der Waals surface area contributed by atoms with Crippen molar-refractivity contribution in [2.75, 3.05) is 12.4 Å². The van der Waals surface area contributed by atoms with E-state index in [1.165, 1.54) is 30.3 Å². The summed E-state index contributed by atoms with van der Waals surface area (Å²) in [6.07, 6.45) is 0. The summed E-state index contributed by atoms with van der Waals surface area (Å²) < 4.78 is 34.1. The van der Waals surface area contributed by atoms with Crippen LogP contribution in [0.3, 0.4) is 0 Å². The number of methoxy groups -OCH3 is 1. The lowest BCUT2D eigenvalue weighted by Gasteiger charge is -2.04. The smallest absolute Gasteiger partial charge is 0.374 e. The van der Waals surface area contributed by atoms with Crippen molar-refractivity contribution in [3.05, 3.63) is 88.0 Å². The maximum absolute atomic E-state index is 12.9. The molecule has 2 aromatic carbocycles. The Morgan fingerprint density at radius 3 is 2.44 bits per heavy atom. The Morgan fingerprint density at radius 1 is 0.971 bits per heavy atom. The first kappa shape index (κ1) is 22.9. The summed E-state index contributed by atoms with van der Waals surface area (Å²) in [4.78, 5) is 24.6. The molecule has 0 unspecified atom stereocenters. The zero-order valence-corrected chi connectivity index (χ0v) is 18.6. The molecule has 174 valence electrons. The first-order chi connectivity index (χ1) is 16.5. The minimum Gasteiger partial charge on any atom is -0.497 e. The number of aromatic nitrogens is 2. The predicted octanol–water partition coefficient (Wildman–Crippen LogP) is 4.47. The lowest BCUT2D eigenvalue weighted by molar-refractivity contribution is 0.0431. The van der Waals surface area contributed by atoms with E-state index in [-0.39, 0.29) is 29.8 Å². The molecule has 9 nitrogen and oxygen atoms in total. The van der Waals surface area contributed by atoms with Crippen LogP contribution in [0.25, 0.3) is 0 Å². The Morgan fingerprint density at radius 2 is 1.71 bits per heavy atom. The number of carbonyl (C=O) groups excluding carboxylic acids is 2. The topological polar surface area (TPSA) is 113 Å². The van der Waals surface area contributed by atoms with Crippen LogP contribution in [-0.2, 0) is 18.0 Å². The van der Waals surface area contributed by atoms with E-state index in [2.05, 4.69) is 15.5 Å². The second-order valence-corrected chi connectivity index (χ2v) is 7.83. The average molecular weight is 483 g/mol. The average Bonchev–Trinajstić information content (AvgIpc) is 3.53. The molecular weight excluding hydrogens is 465 g/mol. The minimum absolute atomic E-state index is 0.0142. The number of benzene rings is 2. The Bertz CT molecular complexity index is 1270. The van der Waals surface area contributed by atoms with Crippen molar-refractivity contribution < 1.29 is 32.6 Å². The molecule has 0 bridgehead atoms. The SMILES string of the molecule is COc1ccc(NC(=O)c2nnc(COC(=O)c3ccc(COc4ccc(F)cc4)o3)s2)cc1. The molecule has 0 atom stereocenters. The van der Waals surface area contributed by atoms with Gasteiger partial charge in [-0.3, -0.25) is 4.79 Å². The second kappa shape index (κ2) is 10.6. The van der Waals surface area contributed by atoms with Gasteiger partial charge in [0.05, 0.1) is 7.11 Å². The van der Waals surface area contributed by atoms with Gasteiger partial charge < -0.3 is 23.9 Å². The van der Waals surface area contributed by atoms with E-state index >= 15 is 0 Å². The van der Waals surface area contributed by atoms with Crippen LogP contribution >= 0.6 is 11.3 Å². The Hall–Kier alpha value is -4.25. The molecule has 2 aromatic heterocycles. The van der Waals surface area contributed by atoms with Crippen LogP contribution in [-0.4, -0.2) is 29.2 Å². The van der Waals surface area contributed by atoms with Crippen molar-refractivity contribution in [2.45, 2.75) is 13.2 Å². The summed E-state index contributed by atoms with van der Waals surface area (Å²) in [6, 6.07) is 15.4. The molecule has 0 saturated carbocycles. The van der Waals surface area contributed by atoms with E-state index in [0.717, 1.165) is 11.3 Å². The Balaban J connectivity index is 1.26. The highest BCUT2D eigenvalue weighted by atomic mass is 32.1. The monoisotopic (exact) mass is 483 g/mol. The molecule has 1 N–H and O–H groups in total. The quantitative estimate of drug-likeness (QED) is 0.347. The molecule has 11 heteroatoms. The van der Waals surface area contributed by atoms with Gasteiger partial charge in [-0.05, 0) is 60.7 Å². The zero-order chi connectivity index (χ0) is 23.9. The van der Waals surface area contributed by atoms with E-state index in [0.29, 0.717) is 28.0 Å². The molecule has 0 aliphatic carbocycles. The first-order valence-corrected chi connectivity index (χ1v) is 10.7. The number of carbonyl (C=O) groups is 2. The Kier molecular flexibility index (Phi) is 7.13. The van der Waals surface area contributed by atoms with Gasteiger partial charge in [0.1, 0.15) is 36.3 Å². The number of rotatable bonds is 9. The molecule has 34 heavy (non-hydrogen) atoms. The third kappa shape index (κ3) is 5.95. The summed E-state index contributed by atoms with van der Waals surface area (Å²) in [6.45, 7) is -0.115. The molecule has 0 fully saturated rings. The van der Waals surface area contributed by atoms with E-state index in [1.807, 2.05) is 0 Å². The largest absolute Gasteiger partial charge is 0.497 e. The van der Waals surface area contributed by atoms with Gasteiger partial charge in [-0.2, -0.15) is 0 Å². The number of hydrogen-bond donors (Lipinski definition) is 1. The number of halogens is 1. The normalized spacial score (nSPS) is 10.5. The van der Waals surface area contributed by atoms with E-state index < -0.39 is 11.9 Å². The van der Waals surface area contributed by atoms with E-state index in [1.54, 1.807) is 37.4 Å². The lowest BCUT2D eigenvalue weighted by atomic mass is 10.3. The Labute approximate surface area is 197 Å². The van der Waals surface area contributed by atoms with Crippen molar-refractivity contribution in [1.29, 1.82) is 0 Å². The van der Waals surface area contributed by atoms with Crippen molar-refractivity contribution in [2.24, 2.45) is 0 Å². The molecule has 0 saturated heterocycles. The van der Waals surface area contributed by atoms with Crippen LogP contribution in [0.1, 0.15) is 31.1 Å². The number of hydrogen-bond acceptors (Lipinski definition) is 9. The highest BCUT2D eigenvalue weighted by Gasteiger charge is 2.17. The van der Waals surface area contributed by atoms with Crippen LogP contribution in [0.2, 0.25) is 0 Å². The van der Waals surface area contributed by atoms with Crippen LogP contribution in [0.5, 0.6) is 11.5 Å². The molecule has 0 aliphatic rings. The third-order valence-corrected chi connectivity index (χ3v) is 5.29. The number of amides is 1. The highest BCUT2D eigenvalue weighted by Crippen LogP contribution is 2.19.